The van der Waals surface area contributed by atoms with Crippen LogP contribution in [0.1, 0.15) is 46.5 Å². The predicted octanol–water partition coefficient (Wildman–Crippen LogP) is 4.67. The van der Waals surface area contributed by atoms with E-state index in [9.17, 15) is 4.79 Å². The van der Waals surface area contributed by atoms with Crippen LogP contribution in [0.4, 0.5) is 4.79 Å². The smallest absolute Gasteiger partial charge is 0.407 e. The summed E-state index contributed by atoms with van der Waals surface area (Å²) in [7, 11) is 1.65. The molecule has 138 valence electrons. The number of carbonyl (C=O) groups excluding carboxylic acids is 1. The molecule has 2 aliphatic rings. The van der Waals surface area contributed by atoms with E-state index < -0.39 is 5.60 Å². The van der Waals surface area contributed by atoms with Gasteiger partial charge in [0.1, 0.15) is 21.6 Å². The largest absolute Gasteiger partial charge is 0.495 e. The Labute approximate surface area is 157 Å². The molecule has 0 aliphatic heterocycles. The van der Waals surface area contributed by atoms with E-state index in [4.69, 9.17) is 14.2 Å². The summed E-state index contributed by atoms with van der Waals surface area (Å²) in [5, 5.41) is 2.96. The van der Waals surface area contributed by atoms with Crippen molar-refractivity contribution in [2.45, 2.75) is 64.2 Å². The maximum Gasteiger partial charge on any atom is 0.407 e. The van der Waals surface area contributed by atoms with Gasteiger partial charge in [-0.15, -0.1) is 0 Å². The second kappa shape index (κ2) is 6.71. The lowest BCUT2D eigenvalue weighted by Crippen LogP contribution is -2.59. The minimum Gasteiger partial charge on any atom is -0.495 e. The van der Waals surface area contributed by atoms with Gasteiger partial charge in [0.15, 0.2) is 0 Å². The number of halogens is 1. The Bertz CT molecular complexity index is 641. The van der Waals surface area contributed by atoms with Crippen LogP contribution in [0.2, 0.25) is 0 Å². The first-order chi connectivity index (χ1) is 11.7. The van der Waals surface area contributed by atoms with Gasteiger partial charge in [-0.25, -0.2) is 4.79 Å². The van der Waals surface area contributed by atoms with Crippen LogP contribution < -0.4 is 14.8 Å². The van der Waals surface area contributed by atoms with Gasteiger partial charge in [-0.2, -0.15) is 0 Å². The summed E-state index contributed by atoms with van der Waals surface area (Å²) in [5.41, 5.74) is -0.124. The molecular formula is C19H26BrNO4. The van der Waals surface area contributed by atoms with E-state index >= 15 is 0 Å². The molecule has 1 amide bonds. The lowest BCUT2D eigenvalue weighted by atomic mass is 9.53. The fraction of sp³-hybridized carbons (Fsp3) is 0.632. The second-order valence-corrected chi connectivity index (χ2v) is 8.96. The normalized spacial score (nSPS) is 27.9. The molecule has 1 aromatic carbocycles. The minimum atomic E-state index is -0.453. The highest BCUT2D eigenvalue weighted by molar-refractivity contribution is 9.10. The average molecular weight is 412 g/mol. The summed E-state index contributed by atoms with van der Waals surface area (Å²) < 4.78 is 17.6. The van der Waals surface area contributed by atoms with Crippen molar-refractivity contribution < 1.29 is 19.0 Å². The first-order valence-corrected chi connectivity index (χ1v) is 9.48. The summed E-state index contributed by atoms with van der Waals surface area (Å²) >= 11 is 3.53. The molecule has 0 saturated heterocycles. The first-order valence-electron chi connectivity index (χ1n) is 8.68. The number of alkyl carbamates (subject to hydrolysis) is 1. The van der Waals surface area contributed by atoms with Crippen LogP contribution >= 0.6 is 15.9 Å². The molecule has 1 N–H and O–H groups in total. The number of hydrogen-bond acceptors (Lipinski definition) is 4. The third-order valence-electron chi connectivity index (χ3n) is 4.84. The maximum absolute atomic E-state index is 11.8. The van der Waals surface area contributed by atoms with Crippen molar-refractivity contribution in [3.8, 4) is 11.5 Å². The van der Waals surface area contributed by atoms with Crippen molar-refractivity contribution in [3.63, 3.8) is 0 Å². The van der Waals surface area contributed by atoms with Crippen molar-refractivity contribution >= 4 is 22.0 Å². The van der Waals surface area contributed by atoms with Crippen LogP contribution in [0.3, 0.4) is 0 Å². The molecule has 2 aliphatic carbocycles. The monoisotopic (exact) mass is 411 g/mol. The van der Waals surface area contributed by atoms with Crippen LogP contribution in [0.5, 0.6) is 11.5 Å². The number of hydrogen-bond donors (Lipinski definition) is 1. The quantitative estimate of drug-likeness (QED) is 0.781. The van der Waals surface area contributed by atoms with Gasteiger partial charge in [0.25, 0.3) is 0 Å². The van der Waals surface area contributed by atoms with E-state index in [0.717, 1.165) is 41.7 Å². The van der Waals surface area contributed by atoms with E-state index in [1.165, 1.54) is 0 Å². The van der Waals surface area contributed by atoms with Gasteiger partial charge < -0.3 is 19.5 Å². The van der Waals surface area contributed by atoms with Crippen molar-refractivity contribution in [1.29, 1.82) is 0 Å². The Kier molecular flexibility index (Phi) is 4.93. The van der Waals surface area contributed by atoms with E-state index in [1.54, 1.807) is 7.11 Å². The number of rotatable bonds is 4. The Morgan fingerprint density at radius 2 is 1.84 bits per heavy atom. The summed E-state index contributed by atoms with van der Waals surface area (Å²) in [6.07, 6.45) is 3.98. The zero-order chi connectivity index (χ0) is 18.2. The summed E-state index contributed by atoms with van der Waals surface area (Å²) in [6, 6.07) is 6.00. The highest BCUT2D eigenvalue weighted by Gasteiger charge is 2.54. The number of carbonyl (C=O) groups is 1. The minimum absolute atomic E-state index is 0.222. The van der Waals surface area contributed by atoms with Crippen molar-refractivity contribution in [2.24, 2.45) is 5.41 Å². The summed E-state index contributed by atoms with van der Waals surface area (Å²) in [5.74, 6) is 1.60. The molecule has 25 heavy (non-hydrogen) atoms. The fourth-order valence-corrected chi connectivity index (χ4v) is 4.32. The molecule has 5 nitrogen and oxygen atoms in total. The number of methoxy groups -OCH3 is 1. The van der Waals surface area contributed by atoms with Crippen molar-refractivity contribution in [2.75, 3.05) is 7.11 Å². The third-order valence-corrected chi connectivity index (χ3v) is 5.62. The van der Waals surface area contributed by atoms with Crippen LogP contribution in [0, 0.1) is 5.41 Å². The van der Waals surface area contributed by atoms with Gasteiger partial charge >= 0.3 is 6.09 Å². The SMILES string of the molecule is COc1cccc(OC2CC3(CC(NC(=O)OC(C)(C)C)C3)C2)c1Br. The van der Waals surface area contributed by atoms with Gasteiger partial charge in [-0.05, 0) is 79.9 Å². The Hall–Kier alpha value is -1.43. The van der Waals surface area contributed by atoms with Crippen molar-refractivity contribution in [3.05, 3.63) is 22.7 Å². The van der Waals surface area contributed by atoms with Gasteiger partial charge in [0.05, 0.1) is 13.2 Å². The Morgan fingerprint density at radius 1 is 1.20 bits per heavy atom. The van der Waals surface area contributed by atoms with Crippen LogP contribution in [0.25, 0.3) is 0 Å². The molecule has 0 bridgehead atoms. The topological polar surface area (TPSA) is 56.8 Å². The van der Waals surface area contributed by atoms with Gasteiger partial charge in [-0.1, -0.05) is 6.07 Å². The zero-order valence-corrected chi connectivity index (χ0v) is 16.8. The molecule has 1 aromatic rings. The van der Waals surface area contributed by atoms with E-state index in [0.29, 0.717) is 5.41 Å². The predicted molar refractivity (Wildman–Crippen MR) is 99.2 cm³/mol. The van der Waals surface area contributed by atoms with Crippen LogP contribution in [-0.2, 0) is 4.74 Å². The van der Waals surface area contributed by atoms with E-state index in [1.807, 2.05) is 39.0 Å². The molecule has 6 heteroatoms. The molecule has 1 spiro atoms. The summed E-state index contributed by atoms with van der Waals surface area (Å²) in [4.78, 5) is 11.8. The lowest BCUT2D eigenvalue weighted by molar-refractivity contribution is -0.0856. The van der Waals surface area contributed by atoms with Crippen LogP contribution in [-0.4, -0.2) is 30.9 Å². The molecule has 0 radical (unpaired) electrons. The molecule has 0 atom stereocenters. The standard InChI is InChI=1S/C19H26BrNO4/c1-18(2,3)25-17(22)21-12-8-19(9-12)10-13(11-19)24-15-7-5-6-14(23-4)16(15)20/h5-7,12-13H,8-11H2,1-4H3,(H,21,22). The molecule has 0 aromatic heterocycles. The molecule has 0 unspecified atom stereocenters. The van der Waals surface area contributed by atoms with Gasteiger partial charge in [0, 0.05) is 6.04 Å². The maximum atomic E-state index is 11.8. The average Bonchev–Trinajstić information content (AvgIpc) is 2.42. The highest BCUT2D eigenvalue weighted by atomic mass is 79.9. The van der Waals surface area contributed by atoms with Gasteiger partial charge in [0.2, 0.25) is 0 Å². The Morgan fingerprint density at radius 3 is 2.44 bits per heavy atom. The van der Waals surface area contributed by atoms with Crippen molar-refractivity contribution in [1.82, 2.24) is 5.32 Å². The summed E-state index contributed by atoms with van der Waals surface area (Å²) in [6.45, 7) is 5.62. The number of benzene rings is 1. The molecule has 0 heterocycles. The van der Waals surface area contributed by atoms with E-state index in [-0.39, 0.29) is 18.2 Å². The Balaban J connectivity index is 1.43. The second-order valence-electron chi connectivity index (χ2n) is 8.17. The number of ether oxygens (including phenoxy) is 3. The van der Waals surface area contributed by atoms with Gasteiger partial charge in [-0.3, -0.25) is 0 Å². The number of amides is 1. The highest BCUT2D eigenvalue weighted by Crippen LogP contribution is 2.57. The lowest BCUT2D eigenvalue weighted by Gasteiger charge is -2.57. The first kappa shape index (κ1) is 18.4. The molecule has 2 fully saturated rings. The third kappa shape index (κ3) is 4.22. The molecular weight excluding hydrogens is 386 g/mol. The number of nitrogens with one attached hydrogen (secondary N) is 1. The zero-order valence-electron chi connectivity index (χ0n) is 15.2. The molecule has 3 rings (SSSR count). The van der Waals surface area contributed by atoms with E-state index in [2.05, 4.69) is 21.2 Å². The van der Waals surface area contributed by atoms with Crippen LogP contribution in [0.15, 0.2) is 22.7 Å². The fourth-order valence-electron chi connectivity index (χ4n) is 3.80. The molecule has 2 saturated carbocycles.